The highest BCUT2D eigenvalue weighted by Gasteiger charge is 2.05. The minimum atomic E-state index is -0.463. The number of anilines is 1. The van der Waals surface area contributed by atoms with Gasteiger partial charge in [0.1, 0.15) is 17.7 Å². The molecular weight excluding hydrogens is 342 g/mol. The summed E-state index contributed by atoms with van der Waals surface area (Å²) in [5.74, 6) is 0.579. The molecule has 1 aliphatic heterocycles. The molecule has 0 saturated heterocycles. The van der Waals surface area contributed by atoms with Crippen molar-refractivity contribution in [2.45, 2.75) is 0 Å². The Bertz CT molecular complexity index is 1230. The van der Waals surface area contributed by atoms with E-state index in [1.54, 1.807) is 24.5 Å². The van der Waals surface area contributed by atoms with E-state index < -0.39 is 5.91 Å². The summed E-state index contributed by atoms with van der Waals surface area (Å²) in [6.45, 7) is 0. The number of aliphatic imine (C=N–C) groups is 2. The number of allylic oxidation sites excluding steroid dienone is 1. The standard InChI is InChI=1S/C19H13N7O/c27-17-11-20-10-13-4-1-2-5-14(13)25-19-18-15(23-12-24-19)6-7-16(26-18)21-8-3-9-22-17/h1-12H,(H,21,26)/b8-3-,13-10-,20-11-,22-9-,25-14-. The van der Waals surface area contributed by atoms with E-state index in [-0.39, 0.29) is 0 Å². The SMILES string of the molecule is O=C1\C=N/C=c2/cccc/c2=N/c2ncnc3ccc(nc23)N/C=C\C=N/1. The maximum absolute atomic E-state index is 11.7. The van der Waals surface area contributed by atoms with Crippen molar-refractivity contribution in [3.05, 3.63) is 65.6 Å². The van der Waals surface area contributed by atoms with Gasteiger partial charge in [0.15, 0.2) is 5.82 Å². The number of amides is 1. The average Bonchev–Trinajstić information content (AvgIpc) is 2.69. The number of fused-ring (bicyclic) bond motifs is 2. The summed E-state index contributed by atoms with van der Waals surface area (Å²) >= 11 is 0. The van der Waals surface area contributed by atoms with Gasteiger partial charge in [0.25, 0.3) is 5.91 Å². The molecule has 2 aromatic heterocycles. The van der Waals surface area contributed by atoms with Crippen LogP contribution in [0.5, 0.6) is 0 Å². The van der Waals surface area contributed by atoms with Crippen LogP contribution < -0.4 is 15.9 Å². The first-order valence-electron chi connectivity index (χ1n) is 8.08. The summed E-state index contributed by atoms with van der Waals surface area (Å²) in [5, 5.41) is 4.40. The number of carbonyl (C=O) groups is 1. The Balaban J connectivity index is 1.98. The number of aromatic nitrogens is 3. The molecule has 1 aliphatic rings. The lowest BCUT2D eigenvalue weighted by molar-refractivity contribution is -0.111. The van der Waals surface area contributed by atoms with Crippen LogP contribution in [0.25, 0.3) is 17.2 Å². The van der Waals surface area contributed by atoms with Crippen LogP contribution in [0, 0.1) is 0 Å². The fraction of sp³-hybridized carbons (Fsp3) is 0. The van der Waals surface area contributed by atoms with Gasteiger partial charge in [0.2, 0.25) is 0 Å². The normalized spacial score (nSPS) is 19.8. The zero-order valence-corrected chi connectivity index (χ0v) is 14.0. The summed E-state index contributed by atoms with van der Waals surface area (Å²) in [6, 6.07) is 11.0. The molecule has 3 heterocycles. The number of benzene rings is 1. The number of rotatable bonds is 0. The molecule has 8 nitrogen and oxygen atoms in total. The van der Waals surface area contributed by atoms with E-state index in [0.29, 0.717) is 28.0 Å². The van der Waals surface area contributed by atoms with Gasteiger partial charge in [-0.15, -0.1) is 0 Å². The second-order valence-corrected chi connectivity index (χ2v) is 5.46. The van der Waals surface area contributed by atoms with Crippen molar-refractivity contribution in [2.24, 2.45) is 15.0 Å². The first kappa shape index (κ1) is 16.4. The molecule has 0 unspecified atom stereocenters. The Hall–Kier alpha value is -4.07. The maximum Gasteiger partial charge on any atom is 0.288 e. The van der Waals surface area contributed by atoms with Crippen molar-refractivity contribution < 1.29 is 4.79 Å². The summed E-state index contributed by atoms with van der Waals surface area (Å²) in [4.78, 5) is 37.1. The molecule has 4 rings (SSSR count). The predicted molar refractivity (Wildman–Crippen MR) is 103 cm³/mol. The van der Waals surface area contributed by atoms with E-state index in [4.69, 9.17) is 0 Å². The molecule has 0 aliphatic carbocycles. The third kappa shape index (κ3) is 3.79. The zero-order chi connectivity index (χ0) is 18.5. The summed E-state index contributed by atoms with van der Waals surface area (Å²) < 4.78 is 0. The monoisotopic (exact) mass is 355 g/mol. The lowest BCUT2D eigenvalue weighted by atomic mass is 10.3. The molecular formula is C19H13N7O. The Morgan fingerprint density at radius 2 is 1.93 bits per heavy atom. The van der Waals surface area contributed by atoms with Gasteiger partial charge in [0.05, 0.1) is 17.1 Å². The molecule has 2 bridgehead atoms. The smallest absolute Gasteiger partial charge is 0.288 e. The molecule has 0 radical (unpaired) electrons. The second kappa shape index (κ2) is 7.44. The Kier molecular flexibility index (Phi) is 4.52. The first-order chi connectivity index (χ1) is 13.3. The van der Waals surface area contributed by atoms with E-state index in [2.05, 4.69) is 35.2 Å². The second-order valence-electron chi connectivity index (χ2n) is 5.46. The third-order valence-electron chi connectivity index (χ3n) is 3.64. The van der Waals surface area contributed by atoms with Crippen molar-refractivity contribution in [1.82, 2.24) is 15.0 Å². The molecule has 0 atom stereocenters. The highest BCUT2D eigenvalue weighted by molar-refractivity contribution is 6.28. The molecule has 3 aromatic rings. The molecule has 27 heavy (non-hydrogen) atoms. The first-order valence-corrected chi connectivity index (χ1v) is 8.08. The molecule has 0 saturated carbocycles. The van der Waals surface area contributed by atoms with Gasteiger partial charge in [0, 0.05) is 23.8 Å². The van der Waals surface area contributed by atoms with Gasteiger partial charge >= 0.3 is 0 Å². The number of nitrogens with one attached hydrogen (secondary N) is 1. The molecule has 1 N–H and O–H groups in total. The van der Waals surface area contributed by atoms with Crippen LogP contribution in [0.2, 0.25) is 0 Å². The van der Waals surface area contributed by atoms with E-state index in [1.165, 1.54) is 12.5 Å². The van der Waals surface area contributed by atoms with Crippen LogP contribution in [0.3, 0.4) is 0 Å². The van der Waals surface area contributed by atoms with Gasteiger partial charge in [-0.2, -0.15) is 0 Å². The summed E-state index contributed by atoms with van der Waals surface area (Å²) in [7, 11) is 0. The van der Waals surface area contributed by atoms with Crippen molar-refractivity contribution >= 4 is 47.2 Å². The molecule has 0 fully saturated rings. The Labute approximate surface area is 153 Å². The molecule has 0 spiro atoms. The van der Waals surface area contributed by atoms with Crippen molar-refractivity contribution in [3.63, 3.8) is 0 Å². The number of hydrogen-bond acceptors (Lipinski definition) is 7. The van der Waals surface area contributed by atoms with Crippen LogP contribution in [-0.4, -0.2) is 33.3 Å². The third-order valence-corrected chi connectivity index (χ3v) is 3.64. The van der Waals surface area contributed by atoms with Crippen molar-refractivity contribution in [3.8, 4) is 0 Å². The fourth-order valence-corrected chi connectivity index (χ4v) is 2.41. The quantitative estimate of drug-likeness (QED) is 0.655. The van der Waals surface area contributed by atoms with E-state index in [9.17, 15) is 4.79 Å². The number of pyridine rings is 1. The van der Waals surface area contributed by atoms with Crippen molar-refractivity contribution in [1.29, 1.82) is 0 Å². The van der Waals surface area contributed by atoms with Gasteiger partial charge in [-0.3, -0.25) is 9.79 Å². The van der Waals surface area contributed by atoms with Gasteiger partial charge < -0.3 is 5.32 Å². The topological polar surface area (TPSA) is 105 Å². The van der Waals surface area contributed by atoms with Crippen LogP contribution in [0.1, 0.15) is 0 Å². The molecule has 1 aromatic carbocycles. The highest BCUT2D eigenvalue weighted by atomic mass is 16.1. The number of carbonyl (C=O) groups excluding carboxylic acids is 1. The number of para-hydroxylation sites is 1. The van der Waals surface area contributed by atoms with Crippen LogP contribution in [0.15, 0.2) is 70.0 Å². The van der Waals surface area contributed by atoms with E-state index >= 15 is 0 Å². The number of nitrogens with zero attached hydrogens (tertiary/aromatic N) is 6. The number of hydrogen-bond donors (Lipinski definition) is 1. The lowest BCUT2D eigenvalue weighted by Crippen LogP contribution is -2.23. The van der Waals surface area contributed by atoms with Crippen LogP contribution >= 0.6 is 0 Å². The van der Waals surface area contributed by atoms with Crippen LogP contribution in [0.4, 0.5) is 11.6 Å². The van der Waals surface area contributed by atoms with Crippen LogP contribution in [-0.2, 0) is 4.79 Å². The predicted octanol–water partition coefficient (Wildman–Crippen LogP) is 1.32. The molecule has 8 heteroatoms. The highest BCUT2D eigenvalue weighted by Crippen LogP contribution is 2.20. The Morgan fingerprint density at radius 1 is 1.00 bits per heavy atom. The summed E-state index contributed by atoms with van der Waals surface area (Å²) in [6.07, 6.45) is 8.75. The largest absolute Gasteiger partial charge is 0.347 e. The van der Waals surface area contributed by atoms with Gasteiger partial charge in [-0.1, -0.05) is 18.2 Å². The minimum absolute atomic E-state index is 0.446. The minimum Gasteiger partial charge on any atom is -0.347 e. The fourth-order valence-electron chi connectivity index (χ4n) is 2.41. The lowest BCUT2D eigenvalue weighted by Gasteiger charge is -2.03. The molecule has 130 valence electrons. The summed E-state index contributed by atoms with van der Waals surface area (Å²) in [5.41, 5.74) is 1.26. The van der Waals surface area contributed by atoms with Crippen molar-refractivity contribution in [2.75, 3.05) is 5.32 Å². The molecule has 1 amide bonds. The zero-order valence-electron chi connectivity index (χ0n) is 14.0. The van der Waals surface area contributed by atoms with Gasteiger partial charge in [-0.05, 0) is 24.3 Å². The van der Waals surface area contributed by atoms with Gasteiger partial charge in [-0.25, -0.2) is 24.9 Å². The Morgan fingerprint density at radius 3 is 2.89 bits per heavy atom. The van der Waals surface area contributed by atoms with E-state index in [0.717, 1.165) is 11.4 Å². The van der Waals surface area contributed by atoms with E-state index in [1.807, 2.05) is 30.3 Å². The maximum atomic E-state index is 11.7. The average molecular weight is 355 g/mol.